The largest absolute Gasteiger partial charge is 0.491 e. The number of rotatable bonds is 9. The van der Waals surface area contributed by atoms with Crippen LogP contribution in [0.3, 0.4) is 0 Å². The number of nitrogens with one attached hydrogen (secondary N) is 1. The number of fused-ring (bicyclic) bond motifs is 3. The van der Waals surface area contributed by atoms with Gasteiger partial charge in [-0.25, -0.2) is 8.42 Å². The molecule has 2 fully saturated rings. The van der Waals surface area contributed by atoms with E-state index in [9.17, 15) is 13.2 Å². The lowest BCUT2D eigenvalue weighted by molar-refractivity contribution is -0.149. The van der Waals surface area contributed by atoms with Crippen molar-refractivity contribution in [3.63, 3.8) is 0 Å². The van der Waals surface area contributed by atoms with Gasteiger partial charge in [-0.3, -0.25) is 4.79 Å². The number of carbonyl (C=O) groups is 1. The number of alkyl halides is 2. The molecule has 4 atom stereocenters. The highest BCUT2D eigenvalue weighted by Crippen LogP contribution is 2.40. The van der Waals surface area contributed by atoms with E-state index >= 15 is 8.78 Å². The van der Waals surface area contributed by atoms with Crippen LogP contribution in [-0.2, 0) is 20.7 Å². The number of amides is 1. The van der Waals surface area contributed by atoms with Gasteiger partial charge in [0.2, 0.25) is 15.9 Å². The zero-order chi connectivity index (χ0) is 29.5. The van der Waals surface area contributed by atoms with Crippen molar-refractivity contribution in [2.45, 2.75) is 87.0 Å². The SMILES string of the molecule is CC[C@@H](C)Oc1ccc2cc(S(=O)(=O)N[C@@H](C(=O)N3C4CCC3CC(N)C4)C(F)(F)c3ccc(Br)cc3)ccc2c1. The standard InChI is InChI=1S/C30H34BrF2N3O4S/c1-3-18(2)40-26-12-4-20-15-27(13-5-19(20)14-26)41(38,39)35-28(30(32,33)21-6-8-22(31)9-7-21)29(37)36-24-10-11-25(36)17-23(34)16-24/h4-9,12-15,18,23-25,28,35H,3,10-11,16-17,34H2,1-2H3/t18-,23?,24?,25?,28+/m1/s1. The quantitative estimate of drug-likeness (QED) is 0.310. The first-order valence-electron chi connectivity index (χ1n) is 13.8. The predicted octanol–water partition coefficient (Wildman–Crippen LogP) is 5.70. The number of carbonyl (C=O) groups excluding carboxylic acids is 1. The molecule has 0 spiro atoms. The molecule has 11 heteroatoms. The average Bonchev–Trinajstić information content (AvgIpc) is 3.21. The molecule has 2 unspecified atom stereocenters. The average molecular weight is 651 g/mol. The van der Waals surface area contributed by atoms with Crippen molar-refractivity contribution in [1.82, 2.24) is 9.62 Å². The van der Waals surface area contributed by atoms with Gasteiger partial charge < -0.3 is 15.4 Å². The summed E-state index contributed by atoms with van der Waals surface area (Å²) < 4.78 is 68.1. The van der Waals surface area contributed by atoms with Gasteiger partial charge in [-0.2, -0.15) is 13.5 Å². The van der Waals surface area contributed by atoms with Crippen molar-refractivity contribution in [2.24, 2.45) is 5.73 Å². The van der Waals surface area contributed by atoms with Gasteiger partial charge in [0.05, 0.1) is 11.0 Å². The number of nitrogens with two attached hydrogens (primary N) is 1. The minimum absolute atomic E-state index is 0.0176. The fourth-order valence-electron chi connectivity index (χ4n) is 5.83. The van der Waals surface area contributed by atoms with Gasteiger partial charge in [0.1, 0.15) is 5.75 Å². The maximum Gasteiger partial charge on any atom is 0.298 e. The normalized spacial score (nSPS) is 22.5. The van der Waals surface area contributed by atoms with Crippen molar-refractivity contribution in [3.8, 4) is 5.75 Å². The maximum absolute atomic E-state index is 16.2. The molecule has 220 valence electrons. The van der Waals surface area contributed by atoms with Gasteiger partial charge in [-0.15, -0.1) is 0 Å². The number of hydrogen-bond acceptors (Lipinski definition) is 5. The van der Waals surface area contributed by atoms with Crippen LogP contribution in [0.15, 0.2) is 70.0 Å². The predicted molar refractivity (Wildman–Crippen MR) is 157 cm³/mol. The van der Waals surface area contributed by atoms with Gasteiger partial charge in [0.25, 0.3) is 5.92 Å². The van der Waals surface area contributed by atoms with E-state index in [1.54, 1.807) is 24.3 Å². The lowest BCUT2D eigenvalue weighted by Gasteiger charge is -2.41. The Labute approximate surface area is 247 Å². The zero-order valence-corrected chi connectivity index (χ0v) is 25.3. The molecule has 0 saturated carbocycles. The topological polar surface area (TPSA) is 102 Å². The van der Waals surface area contributed by atoms with Crippen LogP contribution in [0.25, 0.3) is 10.8 Å². The first-order chi connectivity index (χ1) is 19.4. The van der Waals surface area contributed by atoms with Crippen molar-refractivity contribution in [2.75, 3.05) is 0 Å². The second kappa shape index (κ2) is 11.6. The van der Waals surface area contributed by atoms with Crippen LogP contribution in [0.1, 0.15) is 51.5 Å². The third-order valence-corrected chi connectivity index (χ3v) is 10.1. The Morgan fingerprint density at radius 1 is 1.07 bits per heavy atom. The number of ether oxygens (including phenoxy) is 1. The van der Waals surface area contributed by atoms with E-state index in [2.05, 4.69) is 20.7 Å². The van der Waals surface area contributed by atoms with Crippen molar-refractivity contribution >= 4 is 42.6 Å². The summed E-state index contributed by atoms with van der Waals surface area (Å²) in [6.07, 6.45) is 3.15. The van der Waals surface area contributed by atoms with Crippen LogP contribution >= 0.6 is 15.9 Å². The fraction of sp³-hybridized carbons (Fsp3) is 0.433. The molecule has 7 nitrogen and oxygen atoms in total. The van der Waals surface area contributed by atoms with Crippen LogP contribution < -0.4 is 15.2 Å². The number of sulfonamides is 1. The molecule has 5 rings (SSSR count). The highest BCUT2D eigenvalue weighted by molar-refractivity contribution is 9.10. The van der Waals surface area contributed by atoms with Crippen LogP contribution in [-0.4, -0.2) is 49.5 Å². The molecule has 0 aliphatic carbocycles. The Balaban J connectivity index is 1.49. The zero-order valence-electron chi connectivity index (χ0n) is 22.9. The number of piperidine rings is 1. The lowest BCUT2D eigenvalue weighted by atomic mass is 9.95. The molecule has 2 aliphatic heterocycles. The Morgan fingerprint density at radius 2 is 1.68 bits per heavy atom. The van der Waals surface area contributed by atoms with Crippen LogP contribution in [0, 0.1) is 0 Å². The summed E-state index contributed by atoms with van der Waals surface area (Å²) in [4.78, 5) is 15.1. The molecule has 2 aliphatic rings. The second-order valence-electron chi connectivity index (χ2n) is 11.1. The molecule has 41 heavy (non-hydrogen) atoms. The Bertz CT molecular complexity index is 1520. The molecule has 2 saturated heterocycles. The summed E-state index contributed by atoms with van der Waals surface area (Å²) in [5.41, 5.74) is 5.68. The van der Waals surface area contributed by atoms with Gasteiger partial charge in [0, 0.05) is 28.2 Å². The Hall–Kier alpha value is -2.60. The van der Waals surface area contributed by atoms with Gasteiger partial charge in [0.15, 0.2) is 6.04 Å². The molecule has 0 radical (unpaired) electrons. The summed E-state index contributed by atoms with van der Waals surface area (Å²) >= 11 is 3.24. The summed E-state index contributed by atoms with van der Waals surface area (Å²) in [6.45, 7) is 3.97. The smallest absolute Gasteiger partial charge is 0.298 e. The number of hydrogen-bond donors (Lipinski definition) is 2. The van der Waals surface area contributed by atoms with Crippen LogP contribution in [0.4, 0.5) is 8.78 Å². The molecule has 0 aromatic heterocycles. The molecular weight excluding hydrogens is 616 g/mol. The molecule has 3 aromatic carbocycles. The minimum atomic E-state index is -4.54. The third kappa shape index (κ3) is 6.14. The van der Waals surface area contributed by atoms with E-state index in [0.29, 0.717) is 41.3 Å². The van der Waals surface area contributed by atoms with E-state index in [4.69, 9.17) is 10.5 Å². The number of benzene rings is 3. The summed E-state index contributed by atoms with van der Waals surface area (Å²) in [7, 11) is -4.54. The first kappa shape index (κ1) is 29.9. The van der Waals surface area contributed by atoms with Crippen LogP contribution in [0.2, 0.25) is 0 Å². The van der Waals surface area contributed by atoms with Crippen molar-refractivity contribution < 1.29 is 26.7 Å². The third-order valence-electron chi connectivity index (χ3n) is 8.14. The highest BCUT2D eigenvalue weighted by Gasteiger charge is 2.53. The molecule has 1 amide bonds. The van der Waals surface area contributed by atoms with Gasteiger partial charge >= 0.3 is 0 Å². The molecule has 3 aromatic rings. The van der Waals surface area contributed by atoms with Crippen molar-refractivity contribution in [1.29, 1.82) is 0 Å². The summed E-state index contributed by atoms with van der Waals surface area (Å²) in [5, 5.41) is 1.33. The Morgan fingerprint density at radius 3 is 2.32 bits per heavy atom. The van der Waals surface area contributed by atoms with Crippen molar-refractivity contribution in [3.05, 3.63) is 70.7 Å². The summed E-state index contributed by atoms with van der Waals surface area (Å²) in [6, 6.07) is 11.8. The van der Waals surface area contributed by atoms with Crippen LogP contribution in [0.5, 0.6) is 5.75 Å². The molecule has 3 N–H and O–H groups in total. The minimum Gasteiger partial charge on any atom is -0.491 e. The molecular formula is C30H34BrF2N3O4S. The van der Waals surface area contributed by atoms with Gasteiger partial charge in [-0.05, 0) is 86.2 Å². The lowest BCUT2D eigenvalue weighted by Crippen LogP contribution is -2.60. The Kier molecular flexibility index (Phi) is 8.44. The van der Waals surface area contributed by atoms with E-state index < -0.39 is 33.5 Å². The number of nitrogens with zero attached hydrogens (tertiary/aromatic N) is 1. The monoisotopic (exact) mass is 649 g/mol. The first-order valence-corrected chi connectivity index (χ1v) is 16.1. The second-order valence-corrected chi connectivity index (χ2v) is 13.7. The van der Waals surface area contributed by atoms with E-state index in [-0.39, 0.29) is 29.1 Å². The van der Waals surface area contributed by atoms with E-state index in [1.165, 1.54) is 41.3 Å². The summed E-state index contributed by atoms with van der Waals surface area (Å²) in [5.74, 6) is -4.12. The van der Waals surface area contributed by atoms with E-state index in [1.807, 2.05) is 13.8 Å². The molecule has 2 heterocycles. The van der Waals surface area contributed by atoms with E-state index in [0.717, 1.165) is 11.8 Å². The highest BCUT2D eigenvalue weighted by atomic mass is 79.9. The van der Waals surface area contributed by atoms with Gasteiger partial charge in [-0.1, -0.05) is 47.1 Å². The number of halogens is 3. The fourth-order valence-corrected chi connectivity index (χ4v) is 7.32. The molecule has 2 bridgehead atoms. The maximum atomic E-state index is 16.2.